The van der Waals surface area contributed by atoms with Crippen LogP contribution in [0.15, 0.2) is 80.8 Å². The standard InChI is InChI=1S/C21H16Br2N2O3/c22-16-10-15(20(26)18(23)11-16)12-24-25-21(27)17-8-4-5-9-19(17)28-13-14-6-2-1-3-7-14/h1-12,26H,13H2,(H,25,27). The molecular weight excluding hydrogens is 488 g/mol. The largest absolute Gasteiger partial charge is 0.506 e. The Balaban J connectivity index is 1.69. The maximum absolute atomic E-state index is 12.5. The molecule has 0 radical (unpaired) electrons. The minimum absolute atomic E-state index is 0.0350. The van der Waals surface area contributed by atoms with Crippen LogP contribution >= 0.6 is 31.9 Å². The van der Waals surface area contributed by atoms with E-state index in [9.17, 15) is 9.90 Å². The molecule has 0 aliphatic rings. The summed E-state index contributed by atoms with van der Waals surface area (Å²) in [4.78, 5) is 12.5. The maximum Gasteiger partial charge on any atom is 0.275 e. The molecule has 0 aliphatic heterocycles. The molecular formula is C21H16Br2N2O3. The van der Waals surface area contributed by atoms with E-state index in [1.165, 1.54) is 6.21 Å². The van der Waals surface area contributed by atoms with Crippen molar-refractivity contribution >= 4 is 44.0 Å². The molecule has 0 saturated carbocycles. The van der Waals surface area contributed by atoms with Crippen molar-refractivity contribution in [3.05, 3.63) is 92.4 Å². The molecule has 0 fully saturated rings. The highest BCUT2D eigenvalue weighted by atomic mass is 79.9. The van der Waals surface area contributed by atoms with Gasteiger partial charge in [-0.15, -0.1) is 0 Å². The monoisotopic (exact) mass is 502 g/mol. The zero-order valence-corrected chi connectivity index (χ0v) is 17.8. The maximum atomic E-state index is 12.5. The average molecular weight is 504 g/mol. The van der Waals surface area contributed by atoms with Gasteiger partial charge in [-0.05, 0) is 45.8 Å². The number of para-hydroxylation sites is 1. The van der Waals surface area contributed by atoms with Gasteiger partial charge >= 0.3 is 0 Å². The number of rotatable bonds is 6. The van der Waals surface area contributed by atoms with Gasteiger partial charge in [0.15, 0.2) is 0 Å². The van der Waals surface area contributed by atoms with Crippen LogP contribution in [-0.4, -0.2) is 17.2 Å². The first-order valence-corrected chi connectivity index (χ1v) is 9.90. The molecule has 28 heavy (non-hydrogen) atoms. The van der Waals surface area contributed by atoms with E-state index in [0.717, 1.165) is 10.0 Å². The molecule has 2 N–H and O–H groups in total. The molecule has 7 heteroatoms. The van der Waals surface area contributed by atoms with Crippen LogP contribution in [-0.2, 0) is 6.61 Å². The fourth-order valence-electron chi connectivity index (χ4n) is 2.42. The molecule has 3 aromatic carbocycles. The van der Waals surface area contributed by atoms with Gasteiger partial charge in [0, 0.05) is 10.0 Å². The number of ether oxygens (including phenoxy) is 1. The first-order chi connectivity index (χ1) is 13.5. The van der Waals surface area contributed by atoms with Crippen molar-refractivity contribution in [2.45, 2.75) is 6.61 Å². The van der Waals surface area contributed by atoms with Crippen molar-refractivity contribution in [3.8, 4) is 11.5 Å². The number of phenolic OH excluding ortho intramolecular Hbond substituents is 1. The zero-order valence-electron chi connectivity index (χ0n) is 14.6. The third-order valence-corrected chi connectivity index (χ3v) is 4.86. The van der Waals surface area contributed by atoms with Crippen molar-refractivity contribution in [1.82, 2.24) is 5.43 Å². The first kappa shape index (κ1) is 20.1. The quantitative estimate of drug-likeness (QED) is 0.356. The molecule has 0 unspecified atom stereocenters. The van der Waals surface area contributed by atoms with E-state index < -0.39 is 5.91 Å². The fraction of sp³-hybridized carbons (Fsp3) is 0.0476. The van der Waals surface area contributed by atoms with Crippen molar-refractivity contribution in [1.29, 1.82) is 0 Å². The number of hydrazone groups is 1. The Kier molecular flexibility index (Phi) is 6.84. The van der Waals surface area contributed by atoms with Gasteiger partial charge in [0.1, 0.15) is 18.1 Å². The number of nitrogens with one attached hydrogen (secondary N) is 1. The van der Waals surface area contributed by atoms with Gasteiger partial charge in [0.05, 0.1) is 16.3 Å². The lowest BCUT2D eigenvalue weighted by molar-refractivity contribution is 0.0950. The summed E-state index contributed by atoms with van der Waals surface area (Å²) in [6.07, 6.45) is 1.37. The van der Waals surface area contributed by atoms with Gasteiger partial charge < -0.3 is 9.84 Å². The van der Waals surface area contributed by atoms with E-state index in [-0.39, 0.29) is 5.75 Å². The number of hydrogen-bond donors (Lipinski definition) is 2. The number of nitrogens with zero attached hydrogens (tertiary/aromatic N) is 1. The Morgan fingerprint density at radius 2 is 1.79 bits per heavy atom. The predicted octanol–water partition coefficient (Wildman–Crippen LogP) is 5.26. The molecule has 0 bridgehead atoms. The second-order valence-corrected chi connectivity index (χ2v) is 7.57. The van der Waals surface area contributed by atoms with Crippen LogP contribution in [0.5, 0.6) is 11.5 Å². The average Bonchev–Trinajstić information content (AvgIpc) is 2.71. The van der Waals surface area contributed by atoms with E-state index in [4.69, 9.17) is 4.74 Å². The molecule has 3 aromatic rings. The Morgan fingerprint density at radius 1 is 1.07 bits per heavy atom. The summed E-state index contributed by atoms with van der Waals surface area (Å²) in [6, 6.07) is 20.1. The number of amides is 1. The van der Waals surface area contributed by atoms with Gasteiger partial charge in [-0.1, -0.05) is 58.4 Å². The van der Waals surface area contributed by atoms with Gasteiger partial charge in [-0.2, -0.15) is 5.10 Å². The molecule has 1 amide bonds. The van der Waals surface area contributed by atoms with E-state index >= 15 is 0 Å². The summed E-state index contributed by atoms with van der Waals surface area (Å²) in [5.74, 6) is 0.0911. The number of hydrogen-bond acceptors (Lipinski definition) is 4. The summed E-state index contributed by atoms with van der Waals surface area (Å²) in [7, 11) is 0. The zero-order chi connectivity index (χ0) is 19.9. The minimum Gasteiger partial charge on any atom is -0.506 e. The second kappa shape index (κ2) is 9.52. The van der Waals surface area contributed by atoms with Crippen LogP contribution in [0.4, 0.5) is 0 Å². The van der Waals surface area contributed by atoms with Crippen LogP contribution in [0, 0.1) is 0 Å². The number of carbonyl (C=O) groups is 1. The second-order valence-electron chi connectivity index (χ2n) is 5.80. The van der Waals surface area contributed by atoms with Crippen LogP contribution in [0.25, 0.3) is 0 Å². The van der Waals surface area contributed by atoms with Crippen LogP contribution in [0.2, 0.25) is 0 Å². The van der Waals surface area contributed by atoms with E-state index in [1.54, 1.807) is 36.4 Å². The summed E-state index contributed by atoms with van der Waals surface area (Å²) in [5.41, 5.74) is 4.29. The minimum atomic E-state index is -0.409. The molecule has 0 atom stereocenters. The molecule has 0 saturated heterocycles. The van der Waals surface area contributed by atoms with Gasteiger partial charge in [-0.3, -0.25) is 4.79 Å². The molecule has 0 aliphatic carbocycles. The third-order valence-electron chi connectivity index (χ3n) is 3.80. The number of carbonyl (C=O) groups excluding carboxylic acids is 1. The summed E-state index contributed by atoms with van der Waals surface area (Å²) in [6.45, 7) is 0.355. The normalized spacial score (nSPS) is 10.8. The third kappa shape index (κ3) is 5.21. The van der Waals surface area contributed by atoms with Crippen molar-refractivity contribution in [3.63, 3.8) is 0 Å². The van der Waals surface area contributed by atoms with Crippen LogP contribution in [0.1, 0.15) is 21.5 Å². The predicted molar refractivity (Wildman–Crippen MR) is 116 cm³/mol. The number of halogens is 2. The summed E-state index contributed by atoms with van der Waals surface area (Å²) in [5, 5.41) is 14.0. The van der Waals surface area contributed by atoms with Crippen LogP contribution < -0.4 is 10.2 Å². The molecule has 0 spiro atoms. The molecule has 142 valence electrons. The van der Waals surface area contributed by atoms with E-state index in [0.29, 0.717) is 28.0 Å². The first-order valence-electron chi connectivity index (χ1n) is 8.32. The van der Waals surface area contributed by atoms with Gasteiger partial charge in [0.2, 0.25) is 0 Å². The van der Waals surface area contributed by atoms with Crippen molar-refractivity contribution < 1.29 is 14.6 Å². The van der Waals surface area contributed by atoms with E-state index in [1.807, 2.05) is 30.3 Å². The number of benzene rings is 3. The number of phenols is 1. The summed E-state index contributed by atoms with van der Waals surface area (Å²) >= 11 is 6.60. The molecule has 0 aromatic heterocycles. The Bertz CT molecular complexity index is 1010. The Morgan fingerprint density at radius 3 is 2.57 bits per heavy atom. The fourth-order valence-corrected chi connectivity index (χ4v) is 3.68. The molecule has 3 rings (SSSR count). The smallest absolute Gasteiger partial charge is 0.275 e. The molecule has 5 nitrogen and oxygen atoms in total. The summed E-state index contributed by atoms with van der Waals surface area (Å²) < 4.78 is 7.09. The topological polar surface area (TPSA) is 70.9 Å². The SMILES string of the molecule is O=C(NN=Cc1cc(Br)cc(Br)c1O)c1ccccc1OCc1ccccc1. The van der Waals surface area contributed by atoms with Crippen LogP contribution in [0.3, 0.4) is 0 Å². The Hall–Kier alpha value is -2.64. The number of aromatic hydroxyl groups is 1. The van der Waals surface area contributed by atoms with Gasteiger partial charge in [-0.25, -0.2) is 5.43 Å². The lowest BCUT2D eigenvalue weighted by atomic mass is 10.2. The highest BCUT2D eigenvalue weighted by molar-refractivity contribution is 9.11. The van der Waals surface area contributed by atoms with Crippen molar-refractivity contribution in [2.24, 2.45) is 5.10 Å². The van der Waals surface area contributed by atoms with Crippen molar-refractivity contribution in [2.75, 3.05) is 0 Å². The lowest BCUT2D eigenvalue weighted by Crippen LogP contribution is -2.18. The van der Waals surface area contributed by atoms with Gasteiger partial charge in [0.25, 0.3) is 5.91 Å². The highest BCUT2D eigenvalue weighted by Crippen LogP contribution is 2.30. The molecule has 0 heterocycles. The highest BCUT2D eigenvalue weighted by Gasteiger charge is 2.12. The Labute approximate surface area is 179 Å². The lowest BCUT2D eigenvalue weighted by Gasteiger charge is -2.10. The van der Waals surface area contributed by atoms with E-state index in [2.05, 4.69) is 42.4 Å².